The van der Waals surface area contributed by atoms with Gasteiger partial charge in [0, 0.05) is 12.2 Å². The van der Waals surface area contributed by atoms with Crippen LogP contribution >= 0.6 is 0 Å². The minimum Gasteiger partial charge on any atom is -0.320 e. The third-order valence-electron chi connectivity index (χ3n) is 4.95. The minimum atomic E-state index is -0.481. The summed E-state index contributed by atoms with van der Waals surface area (Å²) < 4.78 is 1.60. The number of hydrogen-bond acceptors (Lipinski definition) is 3. The number of benzene rings is 2. The van der Waals surface area contributed by atoms with Crippen LogP contribution in [-0.4, -0.2) is 15.5 Å². The molecule has 0 aliphatic carbocycles. The average Bonchev–Trinajstić information content (AvgIpc) is 2.60. The Kier molecular flexibility index (Phi) is 4.64. The van der Waals surface area contributed by atoms with Crippen LogP contribution in [0.4, 0.5) is 5.69 Å². The second kappa shape index (κ2) is 6.75. The van der Waals surface area contributed by atoms with Crippen molar-refractivity contribution in [2.24, 2.45) is 0 Å². The molecule has 3 rings (SSSR count). The highest BCUT2D eigenvalue weighted by Crippen LogP contribution is 2.20. The predicted molar refractivity (Wildman–Crippen MR) is 105 cm³/mol. The fourth-order valence-corrected chi connectivity index (χ4v) is 3.03. The molecular weight excluding hydrogens is 326 g/mol. The molecule has 134 valence electrons. The number of carbonyl (C=O) groups excluding carboxylic acids is 1. The Balaban J connectivity index is 2.14. The van der Waals surface area contributed by atoms with Crippen molar-refractivity contribution >= 4 is 22.6 Å². The lowest BCUT2D eigenvalue weighted by molar-refractivity contribution is 0.102. The van der Waals surface area contributed by atoms with Crippen molar-refractivity contribution < 1.29 is 4.79 Å². The number of aryl methyl sites for hydroxylation is 4. The fraction of sp³-hybridized carbons (Fsp3) is 0.286. The molecule has 0 aliphatic heterocycles. The first-order valence-corrected chi connectivity index (χ1v) is 8.72. The molecule has 0 saturated carbocycles. The fourth-order valence-electron chi connectivity index (χ4n) is 3.03. The van der Waals surface area contributed by atoms with Crippen molar-refractivity contribution in [2.75, 3.05) is 5.32 Å². The summed E-state index contributed by atoms with van der Waals surface area (Å²) >= 11 is 0. The summed E-state index contributed by atoms with van der Waals surface area (Å²) in [6, 6.07) is 9.56. The summed E-state index contributed by atoms with van der Waals surface area (Å²) in [7, 11) is 0. The number of aromatic nitrogens is 2. The van der Waals surface area contributed by atoms with Crippen LogP contribution in [0.15, 0.2) is 35.1 Å². The summed E-state index contributed by atoms with van der Waals surface area (Å²) in [6.45, 7) is 10.3. The minimum absolute atomic E-state index is 0.0801. The quantitative estimate of drug-likeness (QED) is 0.780. The van der Waals surface area contributed by atoms with Crippen molar-refractivity contribution in [1.29, 1.82) is 0 Å². The van der Waals surface area contributed by atoms with Crippen molar-refractivity contribution in [2.45, 2.75) is 41.2 Å². The van der Waals surface area contributed by atoms with Gasteiger partial charge in [-0.3, -0.25) is 9.59 Å². The molecule has 0 atom stereocenters. The van der Waals surface area contributed by atoms with E-state index in [9.17, 15) is 9.59 Å². The molecule has 0 fully saturated rings. The second-order valence-corrected chi connectivity index (χ2v) is 6.64. The van der Waals surface area contributed by atoms with Gasteiger partial charge in [-0.2, -0.15) is 0 Å². The normalized spacial score (nSPS) is 11.0. The van der Waals surface area contributed by atoms with Gasteiger partial charge in [-0.1, -0.05) is 12.1 Å². The predicted octanol–water partition coefficient (Wildman–Crippen LogP) is 3.90. The molecule has 1 N–H and O–H groups in total. The zero-order valence-electron chi connectivity index (χ0n) is 15.8. The van der Waals surface area contributed by atoms with Gasteiger partial charge in [0.1, 0.15) is 0 Å². The molecule has 5 nitrogen and oxygen atoms in total. The van der Waals surface area contributed by atoms with E-state index in [4.69, 9.17) is 0 Å². The molecular formula is C21H23N3O2. The van der Waals surface area contributed by atoms with Crippen LogP contribution < -0.4 is 10.9 Å². The number of amides is 1. The topological polar surface area (TPSA) is 64.0 Å². The Labute approximate surface area is 152 Å². The van der Waals surface area contributed by atoms with Gasteiger partial charge >= 0.3 is 0 Å². The van der Waals surface area contributed by atoms with Gasteiger partial charge < -0.3 is 9.88 Å². The third kappa shape index (κ3) is 3.01. The highest BCUT2D eigenvalue weighted by molar-refractivity contribution is 6.04. The molecule has 1 amide bonds. The zero-order valence-corrected chi connectivity index (χ0v) is 15.8. The van der Waals surface area contributed by atoms with Crippen molar-refractivity contribution in [1.82, 2.24) is 9.55 Å². The first-order chi connectivity index (χ1) is 12.3. The number of nitrogens with zero attached hydrogens (tertiary/aromatic N) is 2. The van der Waals surface area contributed by atoms with Gasteiger partial charge in [0.2, 0.25) is 0 Å². The standard InChI is InChI=1S/C21H23N3O2/c1-6-24-18-11-14(4)13(3)10-17(18)22-19(21(24)26)20(25)23-16-9-7-8-12(2)15(16)5/h7-11H,6H2,1-5H3,(H,23,25). The van der Waals surface area contributed by atoms with Crippen LogP contribution in [0, 0.1) is 27.7 Å². The second-order valence-electron chi connectivity index (χ2n) is 6.64. The number of hydrogen-bond donors (Lipinski definition) is 1. The molecule has 0 spiro atoms. The highest BCUT2D eigenvalue weighted by Gasteiger charge is 2.18. The van der Waals surface area contributed by atoms with Crippen LogP contribution in [0.2, 0.25) is 0 Å². The van der Waals surface area contributed by atoms with Crippen LogP contribution in [0.5, 0.6) is 0 Å². The maximum atomic E-state index is 12.8. The van der Waals surface area contributed by atoms with Gasteiger partial charge in [0.25, 0.3) is 11.5 Å². The molecule has 1 aromatic heterocycles. The van der Waals surface area contributed by atoms with Crippen molar-refractivity contribution in [3.63, 3.8) is 0 Å². The Hall–Kier alpha value is -2.95. The van der Waals surface area contributed by atoms with E-state index < -0.39 is 5.91 Å². The summed E-state index contributed by atoms with van der Waals surface area (Å²) in [6.07, 6.45) is 0. The van der Waals surface area contributed by atoms with Gasteiger partial charge in [0.05, 0.1) is 11.0 Å². The van der Waals surface area contributed by atoms with Crippen molar-refractivity contribution in [3.8, 4) is 0 Å². The zero-order chi connectivity index (χ0) is 19.0. The van der Waals surface area contributed by atoms with E-state index in [1.807, 2.05) is 65.0 Å². The number of carbonyl (C=O) groups is 1. The molecule has 5 heteroatoms. The van der Waals surface area contributed by atoms with E-state index in [1.165, 1.54) is 0 Å². The van der Waals surface area contributed by atoms with E-state index in [0.717, 1.165) is 27.8 Å². The lowest BCUT2D eigenvalue weighted by atomic mass is 10.1. The molecule has 26 heavy (non-hydrogen) atoms. The third-order valence-corrected chi connectivity index (χ3v) is 4.95. The Bertz CT molecular complexity index is 1080. The number of anilines is 1. The highest BCUT2D eigenvalue weighted by atomic mass is 16.2. The van der Waals surface area contributed by atoms with Gasteiger partial charge in [-0.25, -0.2) is 4.98 Å². The Morgan fingerprint density at radius 2 is 1.77 bits per heavy atom. The molecule has 0 unspecified atom stereocenters. The molecule has 0 bridgehead atoms. The van der Waals surface area contributed by atoms with E-state index in [1.54, 1.807) is 4.57 Å². The van der Waals surface area contributed by atoms with E-state index in [2.05, 4.69) is 10.3 Å². The number of nitrogens with one attached hydrogen (secondary N) is 1. The average molecular weight is 349 g/mol. The summed E-state index contributed by atoms with van der Waals surface area (Å²) in [5.41, 5.74) is 5.87. The lowest BCUT2D eigenvalue weighted by Crippen LogP contribution is -2.31. The summed E-state index contributed by atoms with van der Waals surface area (Å²) in [5.74, 6) is -0.481. The van der Waals surface area contributed by atoms with Crippen LogP contribution in [-0.2, 0) is 6.54 Å². The largest absolute Gasteiger partial charge is 0.320 e. The van der Waals surface area contributed by atoms with Gasteiger partial charge in [-0.05, 0) is 75.1 Å². The van der Waals surface area contributed by atoms with Crippen molar-refractivity contribution in [3.05, 3.63) is 68.6 Å². The monoisotopic (exact) mass is 349 g/mol. The number of fused-ring (bicyclic) bond motifs is 1. The molecule has 3 aromatic rings. The Morgan fingerprint density at radius 1 is 1.08 bits per heavy atom. The SMILES string of the molecule is CCn1c(=O)c(C(=O)Nc2cccc(C)c2C)nc2cc(C)c(C)cc21. The first-order valence-electron chi connectivity index (χ1n) is 8.72. The molecule has 0 radical (unpaired) electrons. The van der Waals surface area contributed by atoms with E-state index in [-0.39, 0.29) is 11.3 Å². The van der Waals surface area contributed by atoms with E-state index >= 15 is 0 Å². The van der Waals surface area contributed by atoms with Crippen LogP contribution in [0.1, 0.15) is 39.7 Å². The smallest absolute Gasteiger partial charge is 0.282 e. The number of rotatable bonds is 3. The molecule has 0 aliphatic rings. The Morgan fingerprint density at radius 3 is 2.46 bits per heavy atom. The molecule has 0 saturated heterocycles. The van der Waals surface area contributed by atoms with E-state index in [0.29, 0.717) is 17.7 Å². The van der Waals surface area contributed by atoms with Crippen LogP contribution in [0.3, 0.4) is 0 Å². The summed E-state index contributed by atoms with van der Waals surface area (Å²) in [4.78, 5) is 30.0. The molecule has 2 aromatic carbocycles. The van der Waals surface area contributed by atoms with Crippen LogP contribution in [0.25, 0.3) is 11.0 Å². The maximum absolute atomic E-state index is 12.8. The lowest BCUT2D eigenvalue weighted by Gasteiger charge is -2.13. The first kappa shape index (κ1) is 17.9. The van der Waals surface area contributed by atoms with Gasteiger partial charge in [0.15, 0.2) is 5.69 Å². The van der Waals surface area contributed by atoms with Gasteiger partial charge in [-0.15, -0.1) is 0 Å². The summed E-state index contributed by atoms with van der Waals surface area (Å²) in [5, 5.41) is 2.84. The molecule has 1 heterocycles. The maximum Gasteiger partial charge on any atom is 0.282 e.